The fraction of sp³-hybridized carbons (Fsp3) is 0.600. The first-order valence-electron chi connectivity index (χ1n) is 6.88. The molecule has 100 valence electrons. The molecule has 1 aromatic carbocycles. The lowest BCUT2D eigenvalue weighted by Gasteiger charge is -2.21. The summed E-state index contributed by atoms with van der Waals surface area (Å²) >= 11 is 12.4. The first-order chi connectivity index (χ1) is 8.72. The van der Waals surface area contributed by atoms with Crippen LogP contribution >= 0.6 is 23.2 Å². The normalized spacial score (nSPS) is 23.5. The quantitative estimate of drug-likeness (QED) is 0.761. The van der Waals surface area contributed by atoms with Crippen molar-refractivity contribution in [3.05, 3.63) is 33.8 Å². The maximum absolute atomic E-state index is 6.32. The van der Waals surface area contributed by atoms with E-state index in [-0.39, 0.29) is 0 Å². The van der Waals surface area contributed by atoms with E-state index >= 15 is 0 Å². The van der Waals surface area contributed by atoms with Crippen molar-refractivity contribution in [2.75, 3.05) is 13.1 Å². The molecule has 0 heterocycles. The molecule has 2 atom stereocenters. The molecule has 2 unspecified atom stereocenters. The Labute approximate surface area is 120 Å². The summed E-state index contributed by atoms with van der Waals surface area (Å²) in [6, 6.07) is 5.84. The van der Waals surface area contributed by atoms with Crippen LogP contribution in [0.4, 0.5) is 0 Å². The molecule has 1 saturated carbocycles. The van der Waals surface area contributed by atoms with Crippen molar-refractivity contribution in [1.29, 1.82) is 0 Å². The van der Waals surface area contributed by atoms with Gasteiger partial charge in [-0.3, -0.25) is 0 Å². The minimum atomic E-state index is 0.570. The largest absolute Gasteiger partial charge is 0.316 e. The predicted molar refractivity (Wildman–Crippen MR) is 79.7 cm³/mol. The highest BCUT2D eigenvalue weighted by molar-refractivity contribution is 6.33. The van der Waals surface area contributed by atoms with Gasteiger partial charge in [-0.05, 0) is 68.0 Å². The number of rotatable bonds is 5. The van der Waals surface area contributed by atoms with E-state index in [1.807, 2.05) is 18.2 Å². The second kappa shape index (κ2) is 6.79. The summed E-state index contributed by atoms with van der Waals surface area (Å²) < 4.78 is 0. The Hall–Kier alpha value is -0.240. The summed E-state index contributed by atoms with van der Waals surface area (Å²) in [7, 11) is 0. The molecule has 1 aromatic rings. The third-order valence-corrected chi connectivity index (χ3v) is 4.43. The minimum absolute atomic E-state index is 0.570. The molecule has 1 fully saturated rings. The van der Waals surface area contributed by atoms with Crippen molar-refractivity contribution < 1.29 is 0 Å². The van der Waals surface area contributed by atoms with Crippen LogP contribution in [-0.4, -0.2) is 13.1 Å². The molecule has 0 radical (unpaired) electrons. The SMILES string of the molecule is CCCNCC1CCCC1c1cc(Cl)ccc1Cl. The van der Waals surface area contributed by atoms with Gasteiger partial charge in [0.15, 0.2) is 0 Å². The molecule has 0 saturated heterocycles. The molecule has 0 aliphatic heterocycles. The van der Waals surface area contributed by atoms with Crippen LogP contribution in [0.25, 0.3) is 0 Å². The Bertz CT molecular complexity index is 392. The molecular weight excluding hydrogens is 265 g/mol. The Kier molecular flexibility index (Phi) is 5.35. The van der Waals surface area contributed by atoms with Crippen LogP contribution < -0.4 is 5.32 Å². The van der Waals surface area contributed by atoms with Crippen molar-refractivity contribution >= 4 is 23.2 Å². The van der Waals surface area contributed by atoms with Gasteiger partial charge in [-0.1, -0.05) is 36.5 Å². The van der Waals surface area contributed by atoms with E-state index in [4.69, 9.17) is 23.2 Å². The van der Waals surface area contributed by atoms with Crippen LogP contribution in [0.15, 0.2) is 18.2 Å². The Morgan fingerprint density at radius 1 is 1.28 bits per heavy atom. The predicted octanol–water partition coefficient (Wildman–Crippen LogP) is 4.88. The summed E-state index contributed by atoms with van der Waals surface area (Å²) in [4.78, 5) is 0. The van der Waals surface area contributed by atoms with Gasteiger partial charge in [0.1, 0.15) is 0 Å². The van der Waals surface area contributed by atoms with E-state index < -0.39 is 0 Å². The summed E-state index contributed by atoms with van der Waals surface area (Å²) in [5.41, 5.74) is 1.24. The fourth-order valence-electron chi connectivity index (χ4n) is 2.95. The van der Waals surface area contributed by atoms with Crippen LogP contribution in [0.5, 0.6) is 0 Å². The monoisotopic (exact) mass is 285 g/mol. The zero-order chi connectivity index (χ0) is 13.0. The maximum Gasteiger partial charge on any atom is 0.0441 e. The van der Waals surface area contributed by atoms with Gasteiger partial charge < -0.3 is 5.32 Å². The molecule has 1 N–H and O–H groups in total. The van der Waals surface area contributed by atoms with Gasteiger partial charge in [0.2, 0.25) is 0 Å². The van der Waals surface area contributed by atoms with Crippen LogP contribution in [0.1, 0.15) is 44.1 Å². The van der Waals surface area contributed by atoms with Crippen LogP contribution in [-0.2, 0) is 0 Å². The average Bonchev–Trinajstić information content (AvgIpc) is 2.81. The third-order valence-electron chi connectivity index (χ3n) is 3.85. The second-order valence-electron chi connectivity index (χ2n) is 5.17. The van der Waals surface area contributed by atoms with Crippen LogP contribution in [0, 0.1) is 5.92 Å². The lowest BCUT2D eigenvalue weighted by atomic mass is 9.89. The van der Waals surface area contributed by atoms with Gasteiger partial charge in [-0.2, -0.15) is 0 Å². The summed E-state index contributed by atoms with van der Waals surface area (Å²) in [5.74, 6) is 1.27. The fourth-order valence-corrected chi connectivity index (χ4v) is 3.39. The van der Waals surface area contributed by atoms with Gasteiger partial charge >= 0.3 is 0 Å². The molecule has 1 aliphatic carbocycles. The number of hydrogen-bond donors (Lipinski definition) is 1. The average molecular weight is 286 g/mol. The molecule has 0 bridgehead atoms. The van der Waals surface area contributed by atoms with Crippen molar-refractivity contribution in [2.45, 2.75) is 38.5 Å². The second-order valence-corrected chi connectivity index (χ2v) is 6.01. The van der Waals surface area contributed by atoms with Gasteiger partial charge in [0.25, 0.3) is 0 Å². The molecule has 18 heavy (non-hydrogen) atoms. The van der Waals surface area contributed by atoms with E-state index in [9.17, 15) is 0 Å². The van der Waals surface area contributed by atoms with Crippen LogP contribution in [0.3, 0.4) is 0 Å². The van der Waals surface area contributed by atoms with Gasteiger partial charge in [0.05, 0.1) is 0 Å². The highest BCUT2D eigenvalue weighted by atomic mass is 35.5. The number of benzene rings is 1. The van der Waals surface area contributed by atoms with Crippen molar-refractivity contribution in [3.63, 3.8) is 0 Å². The maximum atomic E-state index is 6.32. The van der Waals surface area contributed by atoms with Crippen LogP contribution in [0.2, 0.25) is 10.0 Å². The molecule has 0 aromatic heterocycles. The third kappa shape index (κ3) is 3.40. The highest BCUT2D eigenvalue weighted by Crippen LogP contribution is 2.42. The molecule has 2 rings (SSSR count). The van der Waals surface area contributed by atoms with E-state index in [1.165, 1.54) is 31.2 Å². The van der Waals surface area contributed by atoms with Crippen molar-refractivity contribution in [2.24, 2.45) is 5.92 Å². The first-order valence-corrected chi connectivity index (χ1v) is 7.63. The number of halogens is 2. The molecule has 1 aliphatic rings. The van der Waals surface area contributed by atoms with Gasteiger partial charge in [-0.25, -0.2) is 0 Å². The zero-order valence-electron chi connectivity index (χ0n) is 10.9. The highest BCUT2D eigenvalue weighted by Gasteiger charge is 2.29. The van der Waals surface area contributed by atoms with Crippen molar-refractivity contribution in [1.82, 2.24) is 5.32 Å². The van der Waals surface area contributed by atoms with E-state index in [0.717, 1.165) is 23.1 Å². The lowest BCUT2D eigenvalue weighted by molar-refractivity contribution is 0.444. The first kappa shape index (κ1) is 14.2. The molecule has 3 heteroatoms. The Morgan fingerprint density at radius 3 is 2.89 bits per heavy atom. The Morgan fingerprint density at radius 2 is 2.11 bits per heavy atom. The number of hydrogen-bond acceptors (Lipinski definition) is 1. The lowest BCUT2D eigenvalue weighted by Crippen LogP contribution is -2.25. The van der Waals surface area contributed by atoms with Gasteiger partial charge in [-0.15, -0.1) is 0 Å². The summed E-state index contributed by atoms with van der Waals surface area (Å²) in [6.45, 7) is 4.40. The van der Waals surface area contributed by atoms with E-state index in [1.54, 1.807) is 0 Å². The van der Waals surface area contributed by atoms with Crippen molar-refractivity contribution in [3.8, 4) is 0 Å². The smallest absolute Gasteiger partial charge is 0.0441 e. The number of nitrogens with one attached hydrogen (secondary N) is 1. The van der Waals surface area contributed by atoms with E-state index in [2.05, 4.69) is 12.2 Å². The summed E-state index contributed by atoms with van der Waals surface area (Å²) in [5, 5.41) is 5.20. The molecular formula is C15H21Cl2N. The standard InChI is InChI=1S/C15H21Cl2N/c1-2-8-18-10-11-4-3-5-13(11)14-9-12(16)6-7-15(14)17/h6-7,9,11,13,18H,2-5,8,10H2,1H3. The van der Waals surface area contributed by atoms with E-state index in [0.29, 0.717) is 11.8 Å². The molecule has 1 nitrogen and oxygen atoms in total. The zero-order valence-corrected chi connectivity index (χ0v) is 12.4. The molecule has 0 spiro atoms. The minimum Gasteiger partial charge on any atom is -0.316 e. The van der Waals surface area contributed by atoms with Gasteiger partial charge in [0, 0.05) is 10.0 Å². The summed E-state index contributed by atoms with van der Waals surface area (Å²) in [6.07, 6.45) is 5.02. The topological polar surface area (TPSA) is 12.0 Å². The molecule has 0 amide bonds. The Balaban J connectivity index is 2.08.